The van der Waals surface area contributed by atoms with Crippen LogP contribution in [0.3, 0.4) is 0 Å². The van der Waals surface area contributed by atoms with Gasteiger partial charge in [0.05, 0.1) is 11.4 Å². The zero-order chi connectivity index (χ0) is 20.6. The maximum Gasteiger partial charge on any atom is 0.291 e. The fraction of sp³-hybridized carbons (Fsp3) is 0.158. The molecule has 0 bridgehead atoms. The summed E-state index contributed by atoms with van der Waals surface area (Å²) in [4.78, 5) is 12.9. The standard InChI is InChI=1S/C19H17N5O4S/c1-12-9-13(7-8-16(12)24-11-20-22-23-24)21-19(25)18-15(10-29(2,26)27)14-5-3-4-6-17(14)28-18/h3-9,11H,10H2,1-2H3,(H,21,25). The molecule has 2 aromatic carbocycles. The molecule has 0 atom stereocenters. The van der Waals surface area contributed by atoms with E-state index in [2.05, 4.69) is 20.8 Å². The van der Waals surface area contributed by atoms with E-state index >= 15 is 0 Å². The largest absolute Gasteiger partial charge is 0.451 e. The number of hydrogen-bond acceptors (Lipinski definition) is 7. The van der Waals surface area contributed by atoms with E-state index in [1.807, 2.05) is 6.92 Å². The van der Waals surface area contributed by atoms with Crippen molar-refractivity contribution in [1.29, 1.82) is 0 Å². The van der Waals surface area contributed by atoms with Crippen LogP contribution >= 0.6 is 0 Å². The van der Waals surface area contributed by atoms with Crippen LogP contribution in [0.15, 0.2) is 53.2 Å². The Morgan fingerprint density at radius 1 is 1.21 bits per heavy atom. The number of nitrogens with one attached hydrogen (secondary N) is 1. The van der Waals surface area contributed by atoms with Crippen molar-refractivity contribution in [3.05, 3.63) is 65.7 Å². The predicted molar refractivity (Wildman–Crippen MR) is 107 cm³/mol. The SMILES string of the molecule is Cc1cc(NC(=O)c2oc3ccccc3c2CS(C)(=O)=O)ccc1-n1cnnn1. The molecule has 0 radical (unpaired) electrons. The minimum absolute atomic E-state index is 0.0150. The first-order chi connectivity index (χ1) is 13.8. The van der Waals surface area contributed by atoms with Crippen LogP contribution in [0.1, 0.15) is 21.7 Å². The number of nitrogens with zero attached hydrogens (tertiary/aromatic N) is 4. The topological polar surface area (TPSA) is 120 Å². The van der Waals surface area contributed by atoms with Gasteiger partial charge < -0.3 is 9.73 Å². The van der Waals surface area contributed by atoms with E-state index in [0.717, 1.165) is 17.5 Å². The average molecular weight is 411 g/mol. The van der Waals surface area contributed by atoms with Gasteiger partial charge in [0.2, 0.25) is 0 Å². The lowest BCUT2D eigenvalue weighted by Gasteiger charge is -2.09. The van der Waals surface area contributed by atoms with E-state index < -0.39 is 15.7 Å². The fourth-order valence-electron chi connectivity index (χ4n) is 3.14. The Bertz CT molecular complexity index is 1310. The van der Waals surface area contributed by atoms with E-state index in [4.69, 9.17) is 4.42 Å². The number of aromatic nitrogens is 4. The molecule has 0 fully saturated rings. The highest BCUT2D eigenvalue weighted by Gasteiger charge is 2.23. The van der Waals surface area contributed by atoms with Crippen molar-refractivity contribution in [2.75, 3.05) is 11.6 Å². The summed E-state index contributed by atoms with van der Waals surface area (Å²) in [6, 6.07) is 12.2. The average Bonchev–Trinajstić information content (AvgIpc) is 3.29. The van der Waals surface area contributed by atoms with E-state index in [1.165, 1.54) is 11.0 Å². The first kappa shape index (κ1) is 18.8. The highest BCUT2D eigenvalue weighted by atomic mass is 32.2. The number of sulfone groups is 1. The molecule has 0 spiro atoms. The highest BCUT2D eigenvalue weighted by molar-refractivity contribution is 7.89. The minimum atomic E-state index is -3.37. The number of carbonyl (C=O) groups is 1. The van der Waals surface area contributed by atoms with Gasteiger partial charge in [-0.1, -0.05) is 18.2 Å². The summed E-state index contributed by atoms with van der Waals surface area (Å²) in [7, 11) is -3.37. The van der Waals surface area contributed by atoms with Crippen LogP contribution in [-0.4, -0.2) is 40.8 Å². The second-order valence-electron chi connectivity index (χ2n) is 6.69. The summed E-state index contributed by atoms with van der Waals surface area (Å²) >= 11 is 0. The van der Waals surface area contributed by atoms with Crippen LogP contribution in [0.4, 0.5) is 5.69 Å². The molecule has 1 N–H and O–H groups in total. The molecule has 2 heterocycles. The van der Waals surface area contributed by atoms with Crippen molar-refractivity contribution >= 4 is 32.4 Å². The summed E-state index contributed by atoms with van der Waals surface area (Å²) in [6.45, 7) is 1.86. The lowest BCUT2D eigenvalue weighted by atomic mass is 10.1. The quantitative estimate of drug-likeness (QED) is 0.536. The molecule has 9 nitrogen and oxygen atoms in total. The third-order valence-corrected chi connectivity index (χ3v) is 5.17. The number of hydrogen-bond donors (Lipinski definition) is 1. The molecule has 0 aliphatic rings. The van der Waals surface area contributed by atoms with Crippen LogP contribution in [0, 0.1) is 6.92 Å². The summed E-state index contributed by atoms with van der Waals surface area (Å²) in [5.74, 6) is -0.822. The molecule has 1 amide bonds. The third-order valence-electron chi connectivity index (χ3n) is 4.36. The molecule has 0 aliphatic heterocycles. The molecule has 29 heavy (non-hydrogen) atoms. The van der Waals surface area contributed by atoms with Gasteiger partial charge >= 0.3 is 0 Å². The number of tetrazole rings is 1. The van der Waals surface area contributed by atoms with Crippen molar-refractivity contribution in [3.63, 3.8) is 0 Å². The summed E-state index contributed by atoms with van der Waals surface area (Å²) in [6.07, 6.45) is 2.60. The van der Waals surface area contributed by atoms with Crippen LogP contribution < -0.4 is 5.32 Å². The Labute approximate surface area is 166 Å². The lowest BCUT2D eigenvalue weighted by molar-refractivity contribution is 0.0998. The third kappa shape index (κ3) is 3.87. The predicted octanol–water partition coefficient (Wildman–Crippen LogP) is 2.51. The van der Waals surface area contributed by atoms with Crippen molar-refractivity contribution in [2.24, 2.45) is 0 Å². The highest BCUT2D eigenvalue weighted by Crippen LogP contribution is 2.28. The Kier molecular flexibility index (Phi) is 4.63. The van der Waals surface area contributed by atoms with Gasteiger partial charge in [-0.25, -0.2) is 13.1 Å². The van der Waals surface area contributed by atoms with Crippen LogP contribution in [0.2, 0.25) is 0 Å². The molecular formula is C19H17N5O4S. The van der Waals surface area contributed by atoms with E-state index in [0.29, 0.717) is 22.2 Å². The van der Waals surface area contributed by atoms with Crippen LogP contribution in [-0.2, 0) is 15.6 Å². The van der Waals surface area contributed by atoms with Gasteiger partial charge in [0.1, 0.15) is 11.9 Å². The number of rotatable bonds is 5. The number of carbonyl (C=O) groups excluding carboxylic acids is 1. The smallest absolute Gasteiger partial charge is 0.291 e. The Hall–Kier alpha value is -3.53. The first-order valence-corrected chi connectivity index (χ1v) is 10.7. The molecule has 4 aromatic rings. The molecule has 2 aromatic heterocycles. The number of anilines is 1. The maximum absolute atomic E-state index is 12.9. The van der Waals surface area contributed by atoms with Gasteiger partial charge in [0.15, 0.2) is 15.6 Å². The monoisotopic (exact) mass is 411 g/mol. The molecule has 0 saturated carbocycles. The molecule has 10 heteroatoms. The zero-order valence-electron chi connectivity index (χ0n) is 15.7. The summed E-state index contributed by atoms with van der Waals surface area (Å²) in [5.41, 5.74) is 2.96. The number of fused-ring (bicyclic) bond motifs is 1. The molecule has 0 saturated heterocycles. The number of aryl methyl sites for hydroxylation is 1. The second-order valence-corrected chi connectivity index (χ2v) is 8.83. The number of benzene rings is 2. The Morgan fingerprint density at radius 3 is 2.69 bits per heavy atom. The lowest BCUT2D eigenvalue weighted by Crippen LogP contribution is -2.14. The Balaban J connectivity index is 1.68. The summed E-state index contributed by atoms with van der Waals surface area (Å²) < 4.78 is 31.0. The fourth-order valence-corrected chi connectivity index (χ4v) is 3.95. The molecule has 0 aliphatic carbocycles. The molecule has 0 unspecified atom stereocenters. The van der Waals surface area contributed by atoms with E-state index in [9.17, 15) is 13.2 Å². The van der Waals surface area contributed by atoms with Crippen LogP contribution in [0.5, 0.6) is 0 Å². The number of furan rings is 1. The second kappa shape index (κ2) is 7.13. The minimum Gasteiger partial charge on any atom is -0.451 e. The van der Waals surface area contributed by atoms with Crippen LogP contribution in [0.25, 0.3) is 16.7 Å². The van der Waals surface area contributed by atoms with Gasteiger partial charge in [0.25, 0.3) is 5.91 Å². The number of amides is 1. The summed E-state index contributed by atoms with van der Waals surface area (Å²) in [5, 5.41) is 14.4. The molecule has 4 rings (SSSR count). The Morgan fingerprint density at radius 2 is 2.00 bits per heavy atom. The van der Waals surface area contributed by atoms with Crippen molar-refractivity contribution in [1.82, 2.24) is 20.2 Å². The van der Waals surface area contributed by atoms with Gasteiger partial charge in [-0.15, -0.1) is 5.10 Å². The van der Waals surface area contributed by atoms with Gasteiger partial charge in [0, 0.05) is 22.9 Å². The first-order valence-electron chi connectivity index (χ1n) is 8.65. The van der Waals surface area contributed by atoms with Gasteiger partial charge in [-0.3, -0.25) is 4.79 Å². The van der Waals surface area contributed by atoms with Crippen molar-refractivity contribution in [2.45, 2.75) is 12.7 Å². The number of para-hydroxylation sites is 1. The maximum atomic E-state index is 12.9. The zero-order valence-corrected chi connectivity index (χ0v) is 16.5. The van der Waals surface area contributed by atoms with Crippen molar-refractivity contribution in [3.8, 4) is 5.69 Å². The molecule has 148 valence electrons. The van der Waals surface area contributed by atoms with E-state index in [1.54, 1.807) is 42.5 Å². The van der Waals surface area contributed by atoms with Gasteiger partial charge in [-0.05, 0) is 47.2 Å². The van der Waals surface area contributed by atoms with E-state index in [-0.39, 0.29) is 11.5 Å². The van der Waals surface area contributed by atoms with Gasteiger partial charge in [-0.2, -0.15) is 0 Å². The molecular weight excluding hydrogens is 394 g/mol. The van der Waals surface area contributed by atoms with Crippen molar-refractivity contribution < 1.29 is 17.6 Å². The normalized spacial score (nSPS) is 11.7.